The van der Waals surface area contributed by atoms with Crippen LogP contribution >= 0.6 is 0 Å². The molecule has 1 saturated heterocycles. The minimum absolute atomic E-state index is 0.00922. The van der Waals surface area contributed by atoms with E-state index in [1.807, 2.05) is 30.3 Å². The monoisotopic (exact) mass is 447 g/mol. The zero-order valence-corrected chi connectivity index (χ0v) is 19.5. The Morgan fingerprint density at radius 2 is 1.79 bits per heavy atom. The minimum Gasteiger partial charge on any atom is -0.508 e. The van der Waals surface area contributed by atoms with E-state index < -0.39 is 0 Å². The molecule has 174 valence electrons. The van der Waals surface area contributed by atoms with Crippen LogP contribution in [-0.4, -0.2) is 47.0 Å². The lowest BCUT2D eigenvalue weighted by molar-refractivity contribution is 0.0988. The van der Waals surface area contributed by atoms with E-state index in [0.29, 0.717) is 5.56 Å². The van der Waals surface area contributed by atoms with Gasteiger partial charge in [0.15, 0.2) is 0 Å². The van der Waals surface area contributed by atoms with Crippen molar-refractivity contribution in [3.8, 4) is 5.75 Å². The number of amides is 1. The lowest BCUT2D eigenvalue weighted by atomic mass is 9.85. The van der Waals surface area contributed by atoms with Crippen molar-refractivity contribution in [2.75, 3.05) is 26.2 Å². The number of carbonyl (C=O) groups is 1. The number of hydrogen-bond acceptors (Lipinski definition) is 5. The topological polar surface area (TPSA) is 82.9 Å². The van der Waals surface area contributed by atoms with Crippen LogP contribution in [-0.2, 0) is 19.4 Å². The van der Waals surface area contributed by atoms with E-state index in [1.54, 1.807) is 12.3 Å². The first-order valence-corrected chi connectivity index (χ1v) is 11.7. The summed E-state index contributed by atoms with van der Waals surface area (Å²) in [5.74, 6) is 0.862. The molecule has 0 saturated carbocycles. The van der Waals surface area contributed by atoms with E-state index >= 15 is 0 Å². The van der Waals surface area contributed by atoms with E-state index in [-0.39, 0.29) is 17.7 Å². The maximum absolute atomic E-state index is 12.1. The fourth-order valence-electron chi connectivity index (χ4n) is 5.10. The number of nitrogens with zero attached hydrogens (tertiary/aromatic N) is 2. The second-order valence-corrected chi connectivity index (χ2v) is 8.62. The average molecular weight is 448 g/mol. The Hall–Kier alpha value is -3.09. The summed E-state index contributed by atoms with van der Waals surface area (Å²) in [4.78, 5) is 17.0. The first kappa shape index (κ1) is 23.1. The van der Waals surface area contributed by atoms with E-state index in [2.05, 4.69) is 35.8 Å². The molecule has 0 aliphatic carbocycles. The third-order valence-corrected chi connectivity index (χ3v) is 6.65. The van der Waals surface area contributed by atoms with Crippen LogP contribution in [0.15, 0.2) is 59.2 Å². The summed E-state index contributed by atoms with van der Waals surface area (Å²) in [6.07, 6.45) is 3.28. The lowest BCUT2D eigenvalue weighted by Gasteiger charge is -2.40. The van der Waals surface area contributed by atoms with E-state index in [0.717, 1.165) is 62.5 Å². The van der Waals surface area contributed by atoms with Gasteiger partial charge in [0.25, 0.3) is 0 Å². The SMILES string of the molecule is CCc1c(C(N)=O)ccc(C(c2cccc(O)c2)N2CCN(Cc3ccco3)CC2)c1CC. The van der Waals surface area contributed by atoms with Gasteiger partial charge in [-0.2, -0.15) is 0 Å². The number of carbonyl (C=O) groups excluding carboxylic acids is 1. The van der Waals surface area contributed by atoms with Crippen LogP contribution in [0.2, 0.25) is 0 Å². The molecule has 3 aromatic rings. The smallest absolute Gasteiger partial charge is 0.248 e. The molecule has 6 nitrogen and oxygen atoms in total. The number of primary amides is 1. The number of phenolic OH excluding ortho intramolecular Hbond substituents is 1. The summed E-state index contributed by atoms with van der Waals surface area (Å²) in [5, 5.41) is 10.2. The molecular weight excluding hydrogens is 414 g/mol. The standard InChI is InChI=1S/C27H33N3O3/c1-3-22-23(4-2)25(27(28)32)11-10-24(22)26(19-7-5-8-20(31)17-19)30-14-12-29(13-15-30)18-21-9-6-16-33-21/h5-11,16-17,26,31H,3-4,12-15,18H2,1-2H3,(H2,28,32). The van der Waals surface area contributed by atoms with Crippen molar-refractivity contribution in [3.63, 3.8) is 0 Å². The third kappa shape index (κ3) is 4.97. The number of aromatic hydroxyl groups is 1. The molecule has 1 aliphatic rings. The summed E-state index contributed by atoms with van der Waals surface area (Å²) in [6, 6.07) is 15.4. The average Bonchev–Trinajstić information content (AvgIpc) is 3.33. The van der Waals surface area contributed by atoms with Gasteiger partial charge in [-0.25, -0.2) is 0 Å². The van der Waals surface area contributed by atoms with Crippen LogP contribution in [0.5, 0.6) is 5.75 Å². The highest BCUT2D eigenvalue weighted by Crippen LogP contribution is 2.36. The van der Waals surface area contributed by atoms with Gasteiger partial charge in [-0.3, -0.25) is 14.6 Å². The Bertz CT molecular complexity index is 1090. The van der Waals surface area contributed by atoms with Crippen molar-refractivity contribution in [3.05, 3.63) is 88.4 Å². The Morgan fingerprint density at radius 3 is 2.39 bits per heavy atom. The summed E-state index contributed by atoms with van der Waals surface area (Å²) < 4.78 is 5.53. The van der Waals surface area contributed by atoms with Crippen molar-refractivity contribution < 1.29 is 14.3 Å². The highest BCUT2D eigenvalue weighted by molar-refractivity contribution is 5.95. The fraction of sp³-hybridized carbons (Fsp3) is 0.370. The molecule has 2 heterocycles. The Morgan fingerprint density at radius 1 is 1.03 bits per heavy atom. The molecule has 0 spiro atoms. The molecule has 0 radical (unpaired) electrons. The molecule has 33 heavy (non-hydrogen) atoms. The number of furan rings is 1. The Balaban J connectivity index is 1.69. The van der Waals surface area contributed by atoms with Crippen molar-refractivity contribution >= 4 is 5.91 Å². The molecule has 1 aromatic heterocycles. The number of hydrogen-bond donors (Lipinski definition) is 2. The zero-order valence-electron chi connectivity index (χ0n) is 19.5. The molecular formula is C27H33N3O3. The van der Waals surface area contributed by atoms with Gasteiger partial charge in [0.05, 0.1) is 18.8 Å². The number of benzene rings is 2. The van der Waals surface area contributed by atoms with Crippen molar-refractivity contribution in [1.82, 2.24) is 9.80 Å². The second kappa shape index (κ2) is 10.2. The normalized spacial score (nSPS) is 16.1. The van der Waals surface area contributed by atoms with Gasteiger partial charge < -0.3 is 15.3 Å². The summed E-state index contributed by atoms with van der Waals surface area (Å²) >= 11 is 0. The van der Waals surface area contributed by atoms with E-state index in [4.69, 9.17) is 10.2 Å². The van der Waals surface area contributed by atoms with Gasteiger partial charge in [-0.05, 0) is 65.4 Å². The molecule has 1 amide bonds. The molecule has 3 N–H and O–H groups in total. The first-order chi connectivity index (χ1) is 16.0. The van der Waals surface area contributed by atoms with Gasteiger partial charge in [0.2, 0.25) is 5.91 Å². The Kier molecular flexibility index (Phi) is 7.16. The van der Waals surface area contributed by atoms with Crippen molar-refractivity contribution in [2.24, 2.45) is 5.73 Å². The predicted molar refractivity (Wildman–Crippen MR) is 129 cm³/mol. The highest BCUT2D eigenvalue weighted by atomic mass is 16.3. The van der Waals surface area contributed by atoms with Gasteiger partial charge in [0.1, 0.15) is 11.5 Å². The first-order valence-electron chi connectivity index (χ1n) is 11.7. The zero-order chi connectivity index (χ0) is 23.4. The third-order valence-electron chi connectivity index (χ3n) is 6.65. The second-order valence-electron chi connectivity index (χ2n) is 8.62. The van der Waals surface area contributed by atoms with Gasteiger partial charge in [0, 0.05) is 31.7 Å². The summed E-state index contributed by atoms with van der Waals surface area (Å²) in [7, 11) is 0. The highest BCUT2D eigenvalue weighted by Gasteiger charge is 2.29. The molecule has 1 atom stereocenters. The maximum Gasteiger partial charge on any atom is 0.248 e. The number of nitrogens with two attached hydrogens (primary N) is 1. The minimum atomic E-state index is -0.381. The van der Waals surface area contributed by atoms with Crippen LogP contribution in [0, 0.1) is 0 Å². The largest absolute Gasteiger partial charge is 0.508 e. The number of rotatable bonds is 8. The molecule has 0 bridgehead atoms. The van der Waals surface area contributed by atoms with E-state index in [1.165, 1.54) is 11.1 Å². The predicted octanol–water partition coefficient (Wildman–Crippen LogP) is 4.12. The van der Waals surface area contributed by atoms with Crippen LogP contribution in [0.3, 0.4) is 0 Å². The molecule has 4 rings (SSSR count). The molecule has 1 unspecified atom stereocenters. The number of phenols is 1. The molecule has 1 fully saturated rings. The van der Waals surface area contributed by atoms with Crippen LogP contribution in [0.4, 0.5) is 0 Å². The van der Waals surface area contributed by atoms with E-state index in [9.17, 15) is 9.90 Å². The molecule has 2 aromatic carbocycles. The van der Waals surface area contributed by atoms with Gasteiger partial charge in [-0.1, -0.05) is 32.0 Å². The summed E-state index contributed by atoms with van der Waals surface area (Å²) in [5.41, 5.74) is 10.7. The van der Waals surface area contributed by atoms with Crippen LogP contribution in [0.1, 0.15) is 58.3 Å². The van der Waals surface area contributed by atoms with Gasteiger partial charge >= 0.3 is 0 Å². The lowest BCUT2D eigenvalue weighted by Crippen LogP contribution is -2.47. The number of piperazine rings is 1. The van der Waals surface area contributed by atoms with Crippen molar-refractivity contribution in [1.29, 1.82) is 0 Å². The van der Waals surface area contributed by atoms with Crippen molar-refractivity contribution in [2.45, 2.75) is 39.3 Å². The summed E-state index contributed by atoms with van der Waals surface area (Å²) in [6.45, 7) is 8.65. The maximum atomic E-state index is 12.1. The van der Waals surface area contributed by atoms with Gasteiger partial charge in [-0.15, -0.1) is 0 Å². The molecule has 6 heteroatoms. The Labute approximate surface area is 195 Å². The molecule has 1 aliphatic heterocycles. The van der Waals surface area contributed by atoms with Crippen LogP contribution < -0.4 is 5.73 Å². The quantitative estimate of drug-likeness (QED) is 0.543. The van der Waals surface area contributed by atoms with Crippen LogP contribution in [0.25, 0.3) is 0 Å². The fourth-order valence-corrected chi connectivity index (χ4v) is 5.10.